The van der Waals surface area contributed by atoms with Crippen LogP contribution in [-0.4, -0.2) is 40.9 Å². The molecule has 0 spiro atoms. The lowest BCUT2D eigenvalue weighted by molar-refractivity contribution is -0.664. The van der Waals surface area contributed by atoms with E-state index in [0.717, 1.165) is 29.8 Å². The molecule has 2 aliphatic rings. The van der Waals surface area contributed by atoms with E-state index in [1.165, 1.54) is 11.3 Å². The van der Waals surface area contributed by atoms with E-state index in [1.807, 2.05) is 71.0 Å². The minimum Gasteiger partial charge on any atom is -1.00 e. The third-order valence-electron chi connectivity index (χ3n) is 8.26. The number of nitrogens with zero attached hydrogens (tertiary/aromatic N) is 4. The first-order chi connectivity index (χ1) is 17.4. The Hall–Kier alpha value is -3.45. The molecule has 0 radical (unpaired) electrons. The predicted molar refractivity (Wildman–Crippen MR) is 140 cm³/mol. The number of Topliss-reactive ketones (excluding diaryl/α,β-unsaturated/α-hetero) is 1. The molecule has 2 atom stereocenters. The smallest absolute Gasteiger partial charge is 0.266 e. The van der Waals surface area contributed by atoms with E-state index in [9.17, 15) is 9.59 Å². The van der Waals surface area contributed by atoms with Gasteiger partial charge in [0, 0.05) is 37.2 Å². The highest BCUT2D eigenvalue weighted by atomic mass is 79.9. The van der Waals surface area contributed by atoms with Gasteiger partial charge in [0.15, 0.2) is 24.1 Å². The number of anilines is 1. The number of carbonyl (C=O) groups is 2. The number of benzene rings is 3. The van der Waals surface area contributed by atoms with Crippen LogP contribution in [0.1, 0.15) is 35.1 Å². The number of hydrogen-bond donors (Lipinski definition) is 0. The second-order valence-electron chi connectivity index (χ2n) is 10.3. The largest absolute Gasteiger partial charge is 1.00 e. The number of ketones is 1. The summed E-state index contributed by atoms with van der Waals surface area (Å²) in [7, 11) is 2.10. The average Bonchev–Trinajstić information content (AvgIpc) is 3.47. The number of imidazole rings is 1. The fraction of sp³-hybridized carbons (Fsp3) is 0.300. The van der Waals surface area contributed by atoms with E-state index < -0.39 is 0 Å². The Morgan fingerprint density at radius 2 is 1.65 bits per heavy atom. The average molecular weight is 560 g/mol. The zero-order valence-electron chi connectivity index (χ0n) is 21.4. The first-order valence-corrected chi connectivity index (χ1v) is 12.6. The molecule has 4 aromatic rings. The number of halogens is 1. The van der Waals surface area contributed by atoms with E-state index in [-0.39, 0.29) is 53.3 Å². The van der Waals surface area contributed by atoms with Gasteiger partial charge in [-0.3, -0.25) is 9.59 Å². The summed E-state index contributed by atoms with van der Waals surface area (Å²) in [6, 6.07) is 25.9. The molecule has 2 unspecified atom stereocenters. The van der Waals surface area contributed by atoms with Gasteiger partial charge in [-0.15, -0.1) is 0 Å². The topological polar surface area (TPSA) is 49.4 Å². The molecule has 3 aromatic carbocycles. The zero-order valence-corrected chi connectivity index (χ0v) is 23.0. The maximum absolute atomic E-state index is 13.8. The molecule has 37 heavy (non-hydrogen) atoms. The Balaban J connectivity index is 0.00000280. The lowest BCUT2D eigenvalue weighted by Crippen LogP contribution is -3.00. The SMILES string of the molecule is Cc1n(CC(=O)N2CCC3(C)c4ccccc4N(C)C23)c2ccccc2[n+]1CC(=O)c1ccccc1.[Br-]. The Labute approximate surface area is 227 Å². The van der Waals surface area contributed by atoms with Crippen LogP contribution in [0.15, 0.2) is 78.9 Å². The number of likely N-dealkylation sites (N-methyl/N-ethyl adjacent to an activating group) is 1. The fourth-order valence-electron chi connectivity index (χ4n) is 6.41. The number of carbonyl (C=O) groups excluding carboxylic acids is 2. The molecule has 0 saturated carbocycles. The first kappa shape index (κ1) is 25.2. The number of hydrogen-bond acceptors (Lipinski definition) is 3. The van der Waals surface area contributed by atoms with Crippen LogP contribution >= 0.6 is 0 Å². The Morgan fingerprint density at radius 1 is 0.973 bits per heavy atom. The quantitative estimate of drug-likeness (QED) is 0.272. The first-order valence-electron chi connectivity index (χ1n) is 12.6. The van der Waals surface area contributed by atoms with Crippen LogP contribution in [0.25, 0.3) is 11.0 Å². The molecule has 7 heteroatoms. The number of para-hydroxylation sites is 3. The van der Waals surface area contributed by atoms with Gasteiger partial charge in [0.05, 0.1) is 0 Å². The summed E-state index contributed by atoms with van der Waals surface area (Å²) >= 11 is 0. The van der Waals surface area contributed by atoms with Crippen LogP contribution in [0.2, 0.25) is 0 Å². The maximum Gasteiger partial charge on any atom is 0.266 e. The van der Waals surface area contributed by atoms with Gasteiger partial charge in [0.1, 0.15) is 6.17 Å². The zero-order chi connectivity index (χ0) is 25.0. The van der Waals surface area contributed by atoms with Crippen molar-refractivity contribution in [1.82, 2.24) is 9.47 Å². The van der Waals surface area contributed by atoms with E-state index >= 15 is 0 Å². The van der Waals surface area contributed by atoms with Crippen molar-refractivity contribution in [3.8, 4) is 0 Å². The third kappa shape index (κ3) is 3.87. The van der Waals surface area contributed by atoms with E-state index in [2.05, 4.69) is 47.7 Å². The lowest BCUT2D eigenvalue weighted by Gasteiger charge is -2.34. The molecule has 6 nitrogen and oxygen atoms in total. The summed E-state index contributed by atoms with van der Waals surface area (Å²) in [6.07, 6.45) is 0.957. The van der Waals surface area contributed by atoms with Crippen LogP contribution in [0, 0.1) is 6.92 Å². The van der Waals surface area contributed by atoms with Gasteiger partial charge >= 0.3 is 0 Å². The standard InChI is InChI=1S/C30H31N4O2.BrH/c1-21-33(19-27(35)22-11-5-4-6-12-22)25-15-9-10-16-26(25)34(21)20-28(36)32-18-17-30(2)23-13-7-8-14-24(23)31(3)29(30)32;/h4-16,29H,17-20H2,1-3H3;1H/q+1;/p-1. The summed E-state index contributed by atoms with van der Waals surface area (Å²) in [5.74, 6) is 1.06. The van der Waals surface area contributed by atoms with Gasteiger partial charge in [0.25, 0.3) is 11.7 Å². The molecule has 0 N–H and O–H groups in total. The number of aromatic nitrogens is 2. The number of amides is 1. The molecular formula is C30H31BrN4O2. The van der Waals surface area contributed by atoms with Crippen molar-refractivity contribution < 1.29 is 31.1 Å². The Morgan fingerprint density at radius 3 is 2.43 bits per heavy atom. The van der Waals surface area contributed by atoms with Crippen LogP contribution < -0.4 is 26.4 Å². The molecule has 1 saturated heterocycles. The molecule has 0 aliphatic carbocycles. The Bertz CT molecular complexity index is 1500. The highest BCUT2D eigenvalue weighted by Gasteiger charge is 2.54. The molecule has 2 aliphatic heterocycles. The van der Waals surface area contributed by atoms with Gasteiger partial charge in [0.2, 0.25) is 5.78 Å². The van der Waals surface area contributed by atoms with Crippen LogP contribution in [-0.2, 0) is 23.3 Å². The van der Waals surface area contributed by atoms with Gasteiger partial charge in [-0.05, 0) is 30.2 Å². The molecular weight excluding hydrogens is 528 g/mol. The van der Waals surface area contributed by atoms with Crippen LogP contribution in [0.3, 0.4) is 0 Å². The molecule has 6 rings (SSSR count). The minimum absolute atomic E-state index is 0. The summed E-state index contributed by atoms with van der Waals surface area (Å²) < 4.78 is 4.09. The van der Waals surface area contributed by atoms with Crippen LogP contribution in [0.4, 0.5) is 5.69 Å². The molecule has 1 amide bonds. The van der Waals surface area contributed by atoms with E-state index in [0.29, 0.717) is 5.56 Å². The van der Waals surface area contributed by atoms with Gasteiger partial charge < -0.3 is 26.8 Å². The molecule has 1 aromatic heterocycles. The molecule has 3 heterocycles. The summed E-state index contributed by atoms with van der Waals surface area (Å²) in [5.41, 5.74) is 5.09. The highest BCUT2D eigenvalue weighted by Crippen LogP contribution is 2.51. The van der Waals surface area contributed by atoms with Crippen molar-refractivity contribution in [1.29, 1.82) is 0 Å². The van der Waals surface area contributed by atoms with Gasteiger partial charge in [-0.1, -0.05) is 67.6 Å². The summed E-state index contributed by atoms with van der Waals surface area (Å²) in [4.78, 5) is 31.2. The van der Waals surface area contributed by atoms with Crippen molar-refractivity contribution in [2.45, 2.75) is 44.9 Å². The van der Waals surface area contributed by atoms with Gasteiger partial charge in [-0.25, -0.2) is 9.13 Å². The molecule has 1 fully saturated rings. The third-order valence-corrected chi connectivity index (χ3v) is 8.26. The minimum atomic E-state index is -0.0726. The maximum atomic E-state index is 13.8. The predicted octanol–water partition coefficient (Wildman–Crippen LogP) is 1.09. The fourth-order valence-corrected chi connectivity index (χ4v) is 6.41. The van der Waals surface area contributed by atoms with Crippen molar-refractivity contribution in [3.63, 3.8) is 0 Å². The van der Waals surface area contributed by atoms with E-state index in [1.54, 1.807) is 0 Å². The Kier molecular flexibility index (Phi) is 6.44. The molecule has 190 valence electrons. The second kappa shape index (κ2) is 9.45. The number of rotatable bonds is 5. The van der Waals surface area contributed by atoms with Crippen molar-refractivity contribution in [2.75, 3.05) is 18.5 Å². The molecule has 0 bridgehead atoms. The van der Waals surface area contributed by atoms with Crippen molar-refractivity contribution >= 4 is 28.4 Å². The highest BCUT2D eigenvalue weighted by molar-refractivity contribution is 5.95. The number of likely N-dealkylation sites (tertiary alicyclic amines) is 1. The summed E-state index contributed by atoms with van der Waals surface area (Å²) in [5, 5.41) is 0. The monoisotopic (exact) mass is 558 g/mol. The normalized spacial score (nSPS) is 20.0. The van der Waals surface area contributed by atoms with E-state index in [4.69, 9.17) is 0 Å². The van der Waals surface area contributed by atoms with Crippen LogP contribution in [0.5, 0.6) is 0 Å². The summed E-state index contributed by atoms with van der Waals surface area (Å²) in [6.45, 7) is 5.50. The van der Waals surface area contributed by atoms with Crippen molar-refractivity contribution in [2.24, 2.45) is 0 Å². The lowest BCUT2D eigenvalue weighted by atomic mass is 9.81. The van der Waals surface area contributed by atoms with Crippen molar-refractivity contribution in [3.05, 3.63) is 95.8 Å². The number of fused-ring (bicyclic) bond motifs is 4. The van der Waals surface area contributed by atoms with Gasteiger partial charge in [-0.2, -0.15) is 0 Å². The second-order valence-corrected chi connectivity index (χ2v) is 10.3.